The monoisotopic (exact) mass is 498 g/mol. The van der Waals surface area contributed by atoms with Crippen molar-refractivity contribution in [3.8, 4) is 22.6 Å². The highest BCUT2D eigenvalue weighted by molar-refractivity contribution is 5.80. The standard InChI is InChI=1S/C29H28F2N6/c1-2-3-14-32-29-33-15-12-24(34-29)28-27(19-4-6-21(30)7-5-19)35-26-11-9-23(37(26)28)18-36-16-13-20-17-22(31)8-10-25(20)36/h4-8,10,12-13,15-17,23H,2-3,9,11,14,18H2,1H3,(H,32,33,34)/t23-/m0/s1. The number of imidazole rings is 1. The summed E-state index contributed by atoms with van der Waals surface area (Å²) in [6, 6.07) is 15.3. The Morgan fingerprint density at radius 2 is 1.84 bits per heavy atom. The number of aryl methyl sites for hydroxylation is 1. The molecule has 0 unspecified atom stereocenters. The van der Waals surface area contributed by atoms with E-state index in [1.54, 1.807) is 24.4 Å². The lowest BCUT2D eigenvalue weighted by atomic mass is 10.1. The van der Waals surface area contributed by atoms with Crippen LogP contribution in [0.25, 0.3) is 33.5 Å². The summed E-state index contributed by atoms with van der Waals surface area (Å²) < 4.78 is 31.9. The number of nitrogens with zero attached hydrogens (tertiary/aromatic N) is 5. The molecule has 0 aliphatic carbocycles. The normalized spacial score (nSPS) is 14.8. The van der Waals surface area contributed by atoms with Crippen LogP contribution in [0, 0.1) is 11.6 Å². The van der Waals surface area contributed by atoms with Crippen LogP contribution in [-0.4, -0.2) is 30.6 Å². The van der Waals surface area contributed by atoms with Crippen molar-refractivity contribution in [3.63, 3.8) is 0 Å². The summed E-state index contributed by atoms with van der Waals surface area (Å²) in [5.41, 5.74) is 4.32. The fourth-order valence-corrected chi connectivity index (χ4v) is 5.21. The van der Waals surface area contributed by atoms with Crippen LogP contribution in [0.4, 0.5) is 14.7 Å². The number of halogens is 2. The van der Waals surface area contributed by atoms with Crippen LogP contribution in [0.1, 0.15) is 38.1 Å². The van der Waals surface area contributed by atoms with Gasteiger partial charge in [-0.15, -0.1) is 0 Å². The molecule has 0 saturated heterocycles. The number of rotatable bonds is 8. The molecule has 2 aromatic carbocycles. The Labute approximate surface area is 214 Å². The van der Waals surface area contributed by atoms with E-state index in [1.807, 2.05) is 24.4 Å². The van der Waals surface area contributed by atoms with Gasteiger partial charge in [0.25, 0.3) is 0 Å². The first-order valence-electron chi connectivity index (χ1n) is 12.8. The average Bonchev–Trinajstić information content (AvgIpc) is 3.59. The lowest BCUT2D eigenvalue weighted by molar-refractivity contribution is 0.459. The number of fused-ring (bicyclic) bond motifs is 2. The average molecular weight is 499 g/mol. The highest BCUT2D eigenvalue weighted by Crippen LogP contribution is 2.40. The summed E-state index contributed by atoms with van der Waals surface area (Å²) in [6.07, 6.45) is 7.67. The Bertz CT molecular complexity index is 1550. The van der Waals surface area contributed by atoms with Gasteiger partial charge in [0.1, 0.15) is 17.5 Å². The highest BCUT2D eigenvalue weighted by atomic mass is 19.1. The Balaban J connectivity index is 1.43. The maximum Gasteiger partial charge on any atom is 0.223 e. The third-order valence-electron chi connectivity index (χ3n) is 7.02. The predicted octanol–water partition coefficient (Wildman–Crippen LogP) is 6.64. The number of hydrogen-bond donors (Lipinski definition) is 1. The molecular formula is C29H28F2N6. The van der Waals surface area contributed by atoms with Crippen molar-refractivity contribution in [2.75, 3.05) is 11.9 Å². The molecule has 0 bridgehead atoms. The van der Waals surface area contributed by atoms with E-state index in [9.17, 15) is 8.78 Å². The maximum absolute atomic E-state index is 13.7. The van der Waals surface area contributed by atoms with Gasteiger partial charge < -0.3 is 14.5 Å². The summed E-state index contributed by atoms with van der Waals surface area (Å²) in [7, 11) is 0. The first kappa shape index (κ1) is 23.3. The number of unbranched alkanes of at least 4 members (excludes halogenated alkanes) is 1. The molecule has 5 aromatic rings. The maximum atomic E-state index is 13.7. The lowest BCUT2D eigenvalue weighted by Crippen LogP contribution is -2.14. The van der Waals surface area contributed by atoms with Crippen LogP contribution in [0.3, 0.4) is 0 Å². The second-order valence-electron chi connectivity index (χ2n) is 9.51. The smallest absolute Gasteiger partial charge is 0.223 e. The highest BCUT2D eigenvalue weighted by Gasteiger charge is 2.31. The number of anilines is 1. The van der Waals surface area contributed by atoms with Gasteiger partial charge in [0.2, 0.25) is 5.95 Å². The minimum absolute atomic E-state index is 0.138. The van der Waals surface area contributed by atoms with Crippen LogP contribution in [0.2, 0.25) is 0 Å². The van der Waals surface area contributed by atoms with Gasteiger partial charge in [-0.1, -0.05) is 13.3 Å². The Morgan fingerprint density at radius 1 is 1.00 bits per heavy atom. The second-order valence-corrected chi connectivity index (χ2v) is 9.51. The predicted molar refractivity (Wildman–Crippen MR) is 141 cm³/mol. The van der Waals surface area contributed by atoms with Crippen LogP contribution in [0.5, 0.6) is 0 Å². The summed E-state index contributed by atoms with van der Waals surface area (Å²) in [4.78, 5) is 14.3. The quantitative estimate of drug-likeness (QED) is 0.244. The molecule has 6 rings (SSSR count). The molecule has 1 N–H and O–H groups in total. The molecule has 0 radical (unpaired) electrons. The molecule has 0 amide bonds. The van der Waals surface area contributed by atoms with E-state index in [4.69, 9.17) is 9.97 Å². The fraction of sp³-hybridized carbons (Fsp3) is 0.276. The summed E-state index contributed by atoms with van der Waals surface area (Å²) >= 11 is 0. The van der Waals surface area contributed by atoms with Gasteiger partial charge in [0, 0.05) is 48.4 Å². The van der Waals surface area contributed by atoms with E-state index < -0.39 is 0 Å². The Kier molecular flexibility index (Phi) is 6.16. The summed E-state index contributed by atoms with van der Waals surface area (Å²) in [6.45, 7) is 3.67. The zero-order valence-electron chi connectivity index (χ0n) is 20.7. The van der Waals surface area contributed by atoms with Gasteiger partial charge in [-0.05, 0) is 67.4 Å². The molecule has 1 atom stereocenters. The van der Waals surface area contributed by atoms with Gasteiger partial charge in [-0.3, -0.25) is 0 Å². The van der Waals surface area contributed by atoms with Crippen molar-refractivity contribution in [3.05, 3.63) is 84.4 Å². The van der Waals surface area contributed by atoms with Crippen molar-refractivity contribution in [2.24, 2.45) is 0 Å². The first-order chi connectivity index (χ1) is 18.1. The molecule has 0 fully saturated rings. The molecule has 37 heavy (non-hydrogen) atoms. The molecular weight excluding hydrogens is 470 g/mol. The molecule has 188 valence electrons. The van der Waals surface area contributed by atoms with Gasteiger partial charge >= 0.3 is 0 Å². The van der Waals surface area contributed by atoms with Crippen LogP contribution < -0.4 is 5.32 Å². The van der Waals surface area contributed by atoms with E-state index in [0.29, 0.717) is 5.95 Å². The van der Waals surface area contributed by atoms with Gasteiger partial charge in [-0.2, -0.15) is 0 Å². The third kappa shape index (κ3) is 4.48. The molecule has 6 nitrogen and oxygen atoms in total. The molecule has 8 heteroatoms. The SMILES string of the molecule is CCCCNc1nccc(-c2c(-c3ccc(F)cc3)nc3n2[C@H](Cn2ccc4cc(F)ccc42)CC3)n1. The third-order valence-corrected chi connectivity index (χ3v) is 7.02. The molecule has 0 spiro atoms. The topological polar surface area (TPSA) is 60.6 Å². The van der Waals surface area contributed by atoms with E-state index in [-0.39, 0.29) is 17.7 Å². The molecule has 3 aromatic heterocycles. The second kappa shape index (κ2) is 9.76. The van der Waals surface area contributed by atoms with E-state index in [0.717, 1.165) is 78.1 Å². The largest absolute Gasteiger partial charge is 0.354 e. The van der Waals surface area contributed by atoms with Crippen LogP contribution in [0.15, 0.2) is 67.0 Å². The fourth-order valence-electron chi connectivity index (χ4n) is 5.21. The minimum Gasteiger partial charge on any atom is -0.354 e. The van der Waals surface area contributed by atoms with E-state index in [2.05, 4.69) is 26.4 Å². The van der Waals surface area contributed by atoms with Crippen molar-refractivity contribution < 1.29 is 8.78 Å². The zero-order chi connectivity index (χ0) is 25.4. The lowest BCUT2D eigenvalue weighted by Gasteiger charge is -2.19. The van der Waals surface area contributed by atoms with E-state index in [1.165, 1.54) is 18.2 Å². The van der Waals surface area contributed by atoms with Gasteiger partial charge in [0.15, 0.2) is 0 Å². The molecule has 0 saturated carbocycles. The molecule has 4 heterocycles. The Hall–Kier alpha value is -4.07. The summed E-state index contributed by atoms with van der Waals surface area (Å²) in [5, 5.41) is 4.20. The van der Waals surface area contributed by atoms with Crippen molar-refractivity contribution in [1.82, 2.24) is 24.1 Å². The number of aromatic nitrogens is 5. The van der Waals surface area contributed by atoms with Crippen LogP contribution in [-0.2, 0) is 13.0 Å². The van der Waals surface area contributed by atoms with Gasteiger partial charge in [0.05, 0.1) is 23.1 Å². The molecule has 1 aliphatic heterocycles. The number of nitrogens with one attached hydrogen (secondary N) is 1. The van der Waals surface area contributed by atoms with Crippen molar-refractivity contribution in [1.29, 1.82) is 0 Å². The summed E-state index contributed by atoms with van der Waals surface area (Å²) in [5.74, 6) is 1.05. The Morgan fingerprint density at radius 3 is 2.68 bits per heavy atom. The number of hydrogen-bond acceptors (Lipinski definition) is 4. The minimum atomic E-state index is -0.282. The van der Waals surface area contributed by atoms with Crippen molar-refractivity contribution >= 4 is 16.9 Å². The zero-order valence-corrected chi connectivity index (χ0v) is 20.7. The van der Waals surface area contributed by atoms with E-state index >= 15 is 0 Å². The van der Waals surface area contributed by atoms with Gasteiger partial charge in [-0.25, -0.2) is 23.7 Å². The van der Waals surface area contributed by atoms with Crippen LogP contribution >= 0.6 is 0 Å². The number of benzene rings is 2. The first-order valence-corrected chi connectivity index (χ1v) is 12.8. The molecule has 1 aliphatic rings. The van der Waals surface area contributed by atoms with Crippen molar-refractivity contribution in [2.45, 2.75) is 45.2 Å².